The Morgan fingerprint density at radius 1 is 0.943 bits per heavy atom. The predicted octanol–water partition coefficient (Wildman–Crippen LogP) is 6.96. The third kappa shape index (κ3) is 3.85. The van der Waals surface area contributed by atoms with Crippen molar-refractivity contribution in [2.24, 2.45) is 23.7 Å². The molecule has 2 aromatic carbocycles. The summed E-state index contributed by atoms with van der Waals surface area (Å²) in [4.78, 5) is 11.2. The van der Waals surface area contributed by atoms with E-state index in [1.54, 1.807) is 24.3 Å². The monoisotopic (exact) mass is 469 g/mol. The molecule has 0 saturated heterocycles. The number of carboxylic acids is 1. The van der Waals surface area contributed by atoms with E-state index in [4.69, 9.17) is 14.4 Å². The molecule has 5 aliphatic rings. The van der Waals surface area contributed by atoms with E-state index in [2.05, 4.69) is 23.4 Å². The lowest BCUT2D eigenvalue weighted by Gasteiger charge is -2.57. The Labute approximate surface area is 205 Å². The van der Waals surface area contributed by atoms with Gasteiger partial charge in [0.15, 0.2) is 5.76 Å². The molecule has 0 aliphatic heterocycles. The number of aromatic carboxylic acids is 1. The molecule has 0 atom stereocenters. The molecular formula is C30H31NO4. The van der Waals surface area contributed by atoms with E-state index in [9.17, 15) is 4.79 Å². The fourth-order valence-electron chi connectivity index (χ4n) is 7.49. The second-order valence-electron chi connectivity index (χ2n) is 11.6. The number of hydrogen-bond donors (Lipinski definition) is 1. The lowest BCUT2D eigenvalue weighted by molar-refractivity contribution is -0.00641. The average molecular weight is 470 g/mol. The molecule has 0 radical (unpaired) electrons. The minimum Gasteiger partial charge on any atom is -0.493 e. The predicted molar refractivity (Wildman–Crippen MR) is 132 cm³/mol. The highest BCUT2D eigenvalue weighted by Gasteiger charge is 2.52. The minimum absolute atomic E-state index is 0.239. The van der Waals surface area contributed by atoms with E-state index in [-0.39, 0.29) is 11.0 Å². The van der Waals surface area contributed by atoms with E-state index < -0.39 is 5.97 Å². The molecule has 180 valence electrons. The maximum atomic E-state index is 11.2. The van der Waals surface area contributed by atoms with Crippen molar-refractivity contribution < 1.29 is 19.2 Å². The lowest BCUT2D eigenvalue weighted by atomic mass is 9.48. The minimum atomic E-state index is -0.934. The third-order valence-electron chi connectivity index (χ3n) is 8.98. The van der Waals surface area contributed by atoms with E-state index in [1.165, 1.54) is 56.9 Å². The van der Waals surface area contributed by atoms with Crippen molar-refractivity contribution in [1.82, 2.24) is 5.16 Å². The largest absolute Gasteiger partial charge is 0.493 e. The van der Waals surface area contributed by atoms with Gasteiger partial charge in [-0.3, -0.25) is 0 Å². The van der Waals surface area contributed by atoms with Gasteiger partial charge in [-0.15, -0.1) is 0 Å². The van der Waals surface area contributed by atoms with Crippen LogP contribution in [0.1, 0.15) is 67.3 Å². The molecule has 5 aliphatic carbocycles. The maximum Gasteiger partial charge on any atom is 0.335 e. The molecule has 0 unspecified atom stereocenters. The van der Waals surface area contributed by atoms with E-state index in [0.29, 0.717) is 5.76 Å². The van der Waals surface area contributed by atoms with Crippen molar-refractivity contribution in [2.75, 3.05) is 6.61 Å². The Morgan fingerprint density at radius 3 is 2.23 bits per heavy atom. The number of ether oxygens (including phenoxy) is 1. The summed E-state index contributed by atoms with van der Waals surface area (Å²) in [5, 5.41) is 13.6. The Balaban J connectivity index is 1.23. The van der Waals surface area contributed by atoms with Crippen LogP contribution in [-0.2, 0) is 5.41 Å². The van der Waals surface area contributed by atoms with Crippen LogP contribution in [0.5, 0.6) is 5.75 Å². The quantitative estimate of drug-likeness (QED) is 0.405. The zero-order valence-corrected chi connectivity index (χ0v) is 19.9. The summed E-state index contributed by atoms with van der Waals surface area (Å²) in [6.45, 7) is 0.832. The summed E-state index contributed by atoms with van der Waals surface area (Å²) in [7, 11) is 0. The van der Waals surface area contributed by atoms with Crippen molar-refractivity contribution in [3.63, 3.8) is 0 Å². The number of rotatable bonds is 7. The first-order valence-electron chi connectivity index (χ1n) is 13.1. The molecule has 8 rings (SSSR count). The van der Waals surface area contributed by atoms with Crippen molar-refractivity contribution >= 4 is 5.97 Å². The molecule has 4 bridgehead atoms. The molecule has 35 heavy (non-hydrogen) atoms. The second-order valence-corrected chi connectivity index (χ2v) is 11.6. The summed E-state index contributed by atoms with van der Waals surface area (Å²) in [5.41, 5.74) is 4.58. The third-order valence-corrected chi connectivity index (χ3v) is 8.98. The van der Waals surface area contributed by atoms with Gasteiger partial charge < -0.3 is 14.4 Å². The van der Waals surface area contributed by atoms with Gasteiger partial charge in [0.05, 0.1) is 12.2 Å². The van der Waals surface area contributed by atoms with Gasteiger partial charge >= 0.3 is 5.97 Å². The van der Waals surface area contributed by atoms with Gasteiger partial charge in [0.2, 0.25) is 0 Å². The fourth-order valence-corrected chi connectivity index (χ4v) is 7.49. The summed E-state index contributed by atoms with van der Waals surface area (Å²) < 4.78 is 12.1. The summed E-state index contributed by atoms with van der Waals surface area (Å²) in [6, 6.07) is 15.3. The maximum absolute atomic E-state index is 11.2. The van der Waals surface area contributed by atoms with Crippen LogP contribution < -0.4 is 4.74 Å². The van der Waals surface area contributed by atoms with Gasteiger partial charge in [0.25, 0.3) is 0 Å². The second kappa shape index (κ2) is 7.97. The Hall–Kier alpha value is -3.08. The zero-order valence-electron chi connectivity index (χ0n) is 19.9. The smallest absolute Gasteiger partial charge is 0.335 e. The van der Waals surface area contributed by atoms with Gasteiger partial charge in [-0.1, -0.05) is 17.3 Å². The number of benzene rings is 2. The van der Waals surface area contributed by atoms with Crippen LogP contribution in [0.3, 0.4) is 0 Å². The van der Waals surface area contributed by atoms with Gasteiger partial charge in [-0.25, -0.2) is 4.79 Å². The van der Waals surface area contributed by atoms with Crippen LogP contribution in [0.25, 0.3) is 22.6 Å². The van der Waals surface area contributed by atoms with E-state index in [1.807, 2.05) is 6.07 Å². The molecular weight excluding hydrogens is 438 g/mol. The highest BCUT2D eigenvalue weighted by atomic mass is 16.5. The van der Waals surface area contributed by atoms with Crippen molar-refractivity contribution in [2.45, 2.75) is 56.8 Å². The molecule has 5 nitrogen and oxygen atoms in total. The van der Waals surface area contributed by atoms with E-state index in [0.717, 1.165) is 52.8 Å². The lowest BCUT2D eigenvalue weighted by Crippen LogP contribution is -2.48. The summed E-state index contributed by atoms with van der Waals surface area (Å²) in [5.74, 6) is 4.12. The van der Waals surface area contributed by atoms with Crippen LogP contribution in [0.15, 0.2) is 53.1 Å². The number of aromatic nitrogens is 1. The first-order chi connectivity index (χ1) is 17.0. The Kier molecular flexibility index (Phi) is 4.83. The SMILES string of the molecule is O=C(O)c1ccc(-c2cc(-c3ccc(OCC4CC4)c(C45CC6CC(CC(C6)C4)C5)c3)no2)cc1. The molecule has 5 fully saturated rings. The summed E-state index contributed by atoms with van der Waals surface area (Å²) >= 11 is 0. The average Bonchev–Trinajstić information content (AvgIpc) is 3.55. The van der Waals surface area contributed by atoms with Crippen LogP contribution in [0, 0.1) is 23.7 Å². The van der Waals surface area contributed by atoms with Crippen LogP contribution >= 0.6 is 0 Å². The zero-order chi connectivity index (χ0) is 23.6. The number of nitrogens with zero attached hydrogens (tertiary/aromatic N) is 1. The Morgan fingerprint density at radius 2 is 1.60 bits per heavy atom. The highest BCUT2D eigenvalue weighted by Crippen LogP contribution is 2.62. The van der Waals surface area contributed by atoms with Crippen molar-refractivity contribution in [3.05, 3.63) is 59.7 Å². The first kappa shape index (κ1) is 21.2. The van der Waals surface area contributed by atoms with Gasteiger partial charge in [-0.05, 0) is 111 Å². The molecule has 0 amide bonds. The standard InChI is InChI=1S/C30H31NO4/c32-29(33)23-5-3-22(4-6-23)28-13-26(31-35-28)24-7-8-27(34-17-18-1-2-18)25(12-24)30-14-19-9-20(15-30)11-21(10-19)16-30/h3-8,12-13,18-21H,1-2,9-11,14-17H2,(H,32,33). The van der Waals surface area contributed by atoms with Crippen LogP contribution in [0.4, 0.5) is 0 Å². The number of carbonyl (C=O) groups is 1. The number of hydrogen-bond acceptors (Lipinski definition) is 4. The number of carboxylic acid groups (broad SMARTS) is 1. The molecule has 1 N–H and O–H groups in total. The topological polar surface area (TPSA) is 72.6 Å². The van der Waals surface area contributed by atoms with Crippen molar-refractivity contribution in [1.29, 1.82) is 0 Å². The first-order valence-corrected chi connectivity index (χ1v) is 13.1. The van der Waals surface area contributed by atoms with Crippen LogP contribution in [-0.4, -0.2) is 22.8 Å². The van der Waals surface area contributed by atoms with Gasteiger partial charge in [0.1, 0.15) is 11.4 Å². The summed E-state index contributed by atoms with van der Waals surface area (Å²) in [6.07, 6.45) is 10.7. The normalized spacial score (nSPS) is 28.9. The van der Waals surface area contributed by atoms with Crippen LogP contribution in [0.2, 0.25) is 0 Å². The van der Waals surface area contributed by atoms with E-state index >= 15 is 0 Å². The fraction of sp³-hybridized carbons (Fsp3) is 0.467. The highest BCUT2D eigenvalue weighted by molar-refractivity contribution is 5.88. The molecule has 1 aromatic heterocycles. The molecule has 1 heterocycles. The van der Waals surface area contributed by atoms with Gasteiger partial charge in [-0.2, -0.15) is 0 Å². The molecule has 5 heteroatoms. The van der Waals surface area contributed by atoms with Gasteiger partial charge in [0, 0.05) is 22.8 Å². The molecule has 5 saturated carbocycles. The molecule has 3 aromatic rings. The molecule has 0 spiro atoms. The van der Waals surface area contributed by atoms with Crippen molar-refractivity contribution in [3.8, 4) is 28.3 Å². The Bertz CT molecular complexity index is 1230.